The third-order valence-electron chi connectivity index (χ3n) is 3.17. The zero-order valence-electron chi connectivity index (χ0n) is 10.6. The number of morpholine rings is 1. The maximum absolute atomic E-state index is 6.34. The predicted molar refractivity (Wildman–Crippen MR) is 79.6 cm³/mol. The summed E-state index contributed by atoms with van der Waals surface area (Å²) in [7, 11) is 0. The average molecular weight is 285 g/mol. The van der Waals surface area contributed by atoms with Gasteiger partial charge in [-0.2, -0.15) is 0 Å². The molecule has 2 N–H and O–H groups in total. The summed E-state index contributed by atoms with van der Waals surface area (Å²) in [6.07, 6.45) is 0. The summed E-state index contributed by atoms with van der Waals surface area (Å²) >= 11 is 11.3. The predicted octanol–water partition coefficient (Wildman–Crippen LogP) is 2.59. The van der Waals surface area contributed by atoms with Crippen molar-refractivity contribution in [2.45, 2.75) is 19.4 Å². The van der Waals surface area contributed by atoms with Crippen LogP contribution in [0.15, 0.2) is 18.2 Å². The molecule has 0 atom stereocenters. The first-order valence-electron chi connectivity index (χ1n) is 5.86. The Balaban J connectivity index is 2.36. The number of rotatable bonds is 2. The van der Waals surface area contributed by atoms with Gasteiger partial charge in [-0.1, -0.05) is 23.8 Å². The van der Waals surface area contributed by atoms with E-state index in [1.54, 1.807) is 0 Å². The van der Waals surface area contributed by atoms with Crippen molar-refractivity contribution in [1.82, 2.24) is 0 Å². The molecule has 0 radical (unpaired) electrons. The zero-order chi connectivity index (χ0) is 13.3. The lowest BCUT2D eigenvalue weighted by atomic mass is 10.0. The molecule has 1 aromatic rings. The second kappa shape index (κ2) is 5.03. The van der Waals surface area contributed by atoms with Crippen LogP contribution in [0.2, 0.25) is 5.02 Å². The number of halogens is 1. The van der Waals surface area contributed by atoms with Crippen molar-refractivity contribution in [2.75, 3.05) is 24.7 Å². The van der Waals surface area contributed by atoms with Crippen LogP contribution in [0.1, 0.15) is 19.4 Å². The van der Waals surface area contributed by atoms with Gasteiger partial charge in [0.25, 0.3) is 0 Å². The van der Waals surface area contributed by atoms with E-state index in [-0.39, 0.29) is 5.54 Å². The SMILES string of the molecule is CC1(C)COCCN1c1ccc(C(N)=S)cc1Cl. The topological polar surface area (TPSA) is 38.5 Å². The van der Waals surface area contributed by atoms with Crippen molar-refractivity contribution < 1.29 is 4.74 Å². The van der Waals surface area contributed by atoms with E-state index in [2.05, 4.69) is 18.7 Å². The van der Waals surface area contributed by atoms with E-state index in [4.69, 9.17) is 34.3 Å². The molecule has 18 heavy (non-hydrogen) atoms. The third kappa shape index (κ3) is 2.60. The average Bonchev–Trinajstić information content (AvgIpc) is 2.29. The Hall–Kier alpha value is -0.840. The lowest BCUT2D eigenvalue weighted by Crippen LogP contribution is -2.53. The molecule has 0 amide bonds. The van der Waals surface area contributed by atoms with E-state index in [9.17, 15) is 0 Å². The number of nitrogens with two attached hydrogens (primary N) is 1. The molecular formula is C13H17ClN2OS. The van der Waals surface area contributed by atoms with Crippen molar-refractivity contribution in [3.8, 4) is 0 Å². The highest BCUT2D eigenvalue weighted by Gasteiger charge is 2.31. The smallest absolute Gasteiger partial charge is 0.104 e. The van der Waals surface area contributed by atoms with Gasteiger partial charge in [0.1, 0.15) is 4.99 Å². The van der Waals surface area contributed by atoms with E-state index >= 15 is 0 Å². The minimum atomic E-state index is -0.0629. The van der Waals surface area contributed by atoms with E-state index < -0.39 is 0 Å². The van der Waals surface area contributed by atoms with Crippen LogP contribution in [0.25, 0.3) is 0 Å². The van der Waals surface area contributed by atoms with Gasteiger partial charge in [-0.3, -0.25) is 0 Å². The Morgan fingerprint density at radius 1 is 1.50 bits per heavy atom. The van der Waals surface area contributed by atoms with Gasteiger partial charge in [0.2, 0.25) is 0 Å². The second-order valence-electron chi connectivity index (χ2n) is 5.05. The van der Waals surface area contributed by atoms with E-state index in [0.29, 0.717) is 16.6 Å². The fraction of sp³-hybridized carbons (Fsp3) is 0.462. The standard InChI is InChI=1S/C13H17ClN2OS/c1-13(2)8-17-6-5-16(13)11-4-3-9(12(15)18)7-10(11)14/h3-4,7H,5-6,8H2,1-2H3,(H2,15,18). The van der Waals surface area contributed by atoms with Crippen molar-refractivity contribution in [3.63, 3.8) is 0 Å². The van der Waals surface area contributed by atoms with Crippen LogP contribution in [-0.4, -0.2) is 30.3 Å². The molecule has 1 fully saturated rings. The van der Waals surface area contributed by atoms with E-state index in [0.717, 1.165) is 24.4 Å². The molecule has 1 aromatic carbocycles. The molecule has 2 rings (SSSR count). The molecule has 3 nitrogen and oxygen atoms in total. The summed E-state index contributed by atoms with van der Waals surface area (Å²) in [6.45, 7) is 6.53. The van der Waals surface area contributed by atoms with Gasteiger partial charge < -0.3 is 15.4 Å². The largest absolute Gasteiger partial charge is 0.389 e. The summed E-state index contributed by atoms with van der Waals surface area (Å²) in [4.78, 5) is 2.63. The molecule has 1 aliphatic rings. The molecule has 1 saturated heterocycles. The third-order valence-corrected chi connectivity index (χ3v) is 3.71. The first kappa shape index (κ1) is 13.6. The van der Waals surface area contributed by atoms with Gasteiger partial charge in [-0.05, 0) is 32.0 Å². The lowest BCUT2D eigenvalue weighted by Gasteiger charge is -2.44. The van der Waals surface area contributed by atoms with Crippen LogP contribution in [-0.2, 0) is 4.74 Å². The maximum atomic E-state index is 6.34. The van der Waals surface area contributed by atoms with Gasteiger partial charge in [0.05, 0.1) is 29.5 Å². The molecule has 1 heterocycles. The number of benzene rings is 1. The van der Waals surface area contributed by atoms with Gasteiger partial charge in [-0.25, -0.2) is 0 Å². The van der Waals surface area contributed by atoms with Gasteiger partial charge in [-0.15, -0.1) is 0 Å². The van der Waals surface area contributed by atoms with Crippen molar-refractivity contribution in [1.29, 1.82) is 0 Å². The molecule has 0 aromatic heterocycles. The van der Waals surface area contributed by atoms with Gasteiger partial charge in [0, 0.05) is 12.1 Å². The number of nitrogens with zero attached hydrogens (tertiary/aromatic N) is 1. The Labute approximate surface area is 118 Å². The van der Waals surface area contributed by atoms with Crippen LogP contribution >= 0.6 is 23.8 Å². The highest BCUT2D eigenvalue weighted by molar-refractivity contribution is 7.80. The second-order valence-corrected chi connectivity index (χ2v) is 5.89. The van der Waals surface area contributed by atoms with Crippen LogP contribution < -0.4 is 10.6 Å². The fourth-order valence-electron chi connectivity index (χ4n) is 2.18. The first-order valence-corrected chi connectivity index (χ1v) is 6.65. The lowest BCUT2D eigenvalue weighted by molar-refractivity contribution is 0.0644. The van der Waals surface area contributed by atoms with Gasteiger partial charge >= 0.3 is 0 Å². The molecule has 98 valence electrons. The van der Waals surface area contributed by atoms with Crippen molar-refractivity contribution in [3.05, 3.63) is 28.8 Å². The molecular weight excluding hydrogens is 268 g/mol. The number of thiocarbonyl (C=S) groups is 1. The molecule has 0 unspecified atom stereocenters. The number of hydrogen-bond donors (Lipinski definition) is 1. The molecule has 0 saturated carbocycles. The summed E-state index contributed by atoms with van der Waals surface area (Å²) in [5.41, 5.74) is 7.34. The van der Waals surface area contributed by atoms with Crippen molar-refractivity contribution in [2.24, 2.45) is 5.73 Å². The molecule has 0 bridgehead atoms. The van der Waals surface area contributed by atoms with Crippen molar-refractivity contribution >= 4 is 34.5 Å². The quantitative estimate of drug-likeness (QED) is 0.847. The van der Waals surface area contributed by atoms with Crippen LogP contribution in [0, 0.1) is 0 Å². The van der Waals surface area contributed by atoms with E-state index in [1.165, 1.54) is 0 Å². The van der Waals surface area contributed by atoms with E-state index in [1.807, 2.05) is 18.2 Å². The first-order chi connectivity index (χ1) is 8.42. The van der Waals surface area contributed by atoms with Crippen LogP contribution in [0.5, 0.6) is 0 Å². The Kier molecular flexibility index (Phi) is 3.80. The normalized spacial score (nSPS) is 18.7. The Morgan fingerprint density at radius 2 is 2.22 bits per heavy atom. The summed E-state index contributed by atoms with van der Waals surface area (Å²) < 4.78 is 5.51. The summed E-state index contributed by atoms with van der Waals surface area (Å²) in [5.74, 6) is 0. The minimum absolute atomic E-state index is 0.0629. The monoisotopic (exact) mass is 284 g/mol. The molecule has 5 heteroatoms. The summed E-state index contributed by atoms with van der Waals surface area (Å²) in [6, 6.07) is 5.71. The molecule has 1 aliphatic heterocycles. The maximum Gasteiger partial charge on any atom is 0.104 e. The minimum Gasteiger partial charge on any atom is -0.389 e. The Morgan fingerprint density at radius 3 is 2.78 bits per heavy atom. The fourth-order valence-corrected chi connectivity index (χ4v) is 2.59. The summed E-state index contributed by atoms with van der Waals surface area (Å²) in [5, 5.41) is 0.676. The Bertz CT molecular complexity index is 476. The van der Waals surface area contributed by atoms with Crippen LogP contribution in [0.4, 0.5) is 5.69 Å². The number of anilines is 1. The van der Waals surface area contributed by atoms with Gasteiger partial charge in [0.15, 0.2) is 0 Å². The highest BCUT2D eigenvalue weighted by Crippen LogP contribution is 2.33. The molecule has 0 spiro atoms. The zero-order valence-corrected chi connectivity index (χ0v) is 12.1. The number of hydrogen-bond acceptors (Lipinski definition) is 3. The van der Waals surface area contributed by atoms with Crippen LogP contribution in [0.3, 0.4) is 0 Å². The number of ether oxygens (including phenoxy) is 1. The highest BCUT2D eigenvalue weighted by atomic mass is 35.5. The molecule has 0 aliphatic carbocycles.